The van der Waals surface area contributed by atoms with E-state index in [0.717, 1.165) is 142 Å². The highest BCUT2D eigenvalue weighted by Gasteiger charge is 2.22. The molecular weight excluding hydrogens is 985 g/mol. The van der Waals surface area contributed by atoms with Gasteiger partial charge in [0, 0.05) is 96.7 Å². The van der Waals surface area contributed by atoms with Crippen LogP contribution < -0.4 is 0 Å². The lowest BCUT2D eigenvalue weighted by molar-refractivity contribution is 0.395. The van der Waals surface area contributed by atoms with Gasteiger partial charge in [-0.05, 0) is 277 Å². The summed E-state index contributed by atoms with van der Waals surface area (Å²) in [5.41, 5.74) is 26.2. The summed E-state index contributed by atoms with van der Waals surface area (Å²) < 4.78 is 0. The van der Waals surface area contributed by atoms with Crippen molar-refractivity contribution in [1.29, 1.82) is 0 Å². The van der Waals surface area contributed by atoms with Crippen LogP contribution in [0, 0.1) is 0 Å². The molecule has 0 saturated heterocycles. The third-order valence-electron chi connectivity index (χ3n) is 14.1. The monoisotopic (exact) mass is 1070 g/mol. The molecule has 4 aromatic carbocycles. The topological polar surface area (TPSA) is 83.3 Å². The van der Waals surface area contributed by atoms with Crippen LogP contribution in [0.15, 0.2) is 97.1 Å². The third-order valence-corrected chi connectivity index (χ3v) is 14.1. The predicted octanol–water partition coefficient (Wildman–Crippen LogP) is 11.8. The van der Waals surface area contributed by atoms with Gasteiger partial charge in [0.25, 0.3) is 0 Å². The molecule has 7 aromatic rings. The molecule has 0 saturated carbocycles. The first kappa shape index (κ1) is 57.8. The van der Waals surface area contributed by atoms with Gasteiger partial charge in [-0.25, -0.2) is 9.97 Å². The quantitative estimate of drug-likeness (QED) is 0.0770. The number of aromatic amines is 2. The van der Waals surface area contributed by atoms with E-state index < -0.39 is 0 Å². The molecule has 0 fully saturated rings. The molecule has 5 heterocycles. The van der Waals surface area contributed by atoms with Gasteiger partial charge in [0.1, 0.15) is 0 Å². The molecule has 0 aliphatic carbocycles. The van der Waals surface area contributed by atoms with Crippen LogP contribution in [0.1, 0.15) is 67.3 Å². The van der Waals surface area contributed by atoms with Crippen LogP contribution in [0.5, 0.6) is 0 Å². The zero-order chi connectivity index (χ0) is 57.1. The fourth-order valence-corrected chi connectivity index (χ4v) is 11.7. The second-order valence-corrected chi connectivity index (χ2v) is 24.6. The Hall–Kier alpha value is -6.84. The Balaban J connectivity index is 1.49. The van der Waals surface area contributed by atoms with Crippen LogP contribution in [-0.4, -0.2) is 172 Å². The summed E-state index contributed by atoms with van der Waals surface area (Å²) in [6.45, 7) is 6.45. The van der Waals surface area contributed by atoms with Gasteiger partial charge in [-0.3, -0.25) is 0 Å². The second-order valence-electron chi connectivity index (χ2n) is 24.6. The number of benzene rings is 4. The Kier molecular flexibility index (Phi) is 18.0. The summed E-state index contributed by atoms with van der Waals surface area (Å²) in [6, 6.07) is 37.4. The van der Waals surface area contributed by atoms with E-state index in [1.807, 2.05) is 0 Å². The highest BCUT2D eigenvalue weighted by Crippen LogP contribution is 2.40. The zero-order valence-corrected chi connectivity index (χ0v) is 50.7. The van der Waals surface area contributed by atoms with E-state index in [1.54, 1.807) is 0 Å². The highest BCUT2D eigenvalue weighted by atomic mass is 15.1. The molecule has 0 radical (unpaired) electrons. The molecule has 3 aromatic heterocycles. The molecule has 0 amide bonds. The van der Waals surface area contributed by atoms with E-state index in [9.17, 15) is 0 Å². The Bertz CT molecular complexity index is 3030. The van der Waals surface area contributed by atoms with Crippen molar-refractivity contribution in [2.45, 2.75) is 52.4 Å². The van der Waals surface area contributed by atoms with Crippen LogP contribution in [0.3, 0.4) is 0 Å². The van der Waals surface area contributed by atoms with E-state index in [4.69, 9.17) is 9.97 Å². The number of rotatable bonds is 20. The number of nitrogens with one attached hydrogen (secondary N) is 2. The van der Waals surface area contributed by atoms with E-state index in [0.29, 0.717) is 0 Å². The van der Waals surface area contributed by atoms with Crippen molar-refractivity contribution >= 4 is 46.4 Å². The minimum Gasteiger partial charge on any atom is -0.354 e. The molecule has 2 N–H and O–H groups in total. The Labute approximate surface area is 477 Å². The van der Waals surface area contributed by atoms with Crippen LogP contribution in [-0.2, 0) is 52.4 Å². The Morgan fingerprint density at radius 3 is 0.562 bits per heavy atom. The molecule has 0 unspecified atom stereocenters. The third kappa shape index (κ3) is 14.2. The van der Waals surface area contributed by atoms with Crippen LogP contribution in [0.4, 0.5) is 0 Å². The van der Waals surface area contributed by atoms with Crippen molar-refractivity contribution in [2.75, 3.05) is 113 Å². The molecule has 418 valence electrons. The lowest BCUT2D eigenvalue weighted by Crippen LogP contribution is -2.13. The average Bonchev–Trinajstić information content (AvgIpc) is 4.31. The minimum absolute atomic E-state index is 0.806. The molecule has 9 rings (SSSR count). The van der Waals surface area contributed by atoms with Gasteiger partial charge in [-0.2, -0.15) is 0 Å². The van der Waals surface area contributed by atoms with Crippen molar-refractivity contribution < 1.29 is 0 Å². The Morgan fingerprint density at radius 1 is 0.250 bits per heavy atom. The van der Waals surface area contributed by atoms with Gasteiger partial charge in [0.05, 0.1) is 22.8 Å². The van der Waals surface area contributed by atoms with Gasteiger partial charge in [-0.1, -0.05) is 24.3 Å². The lowest BCUT2D eigenvalue weighted by Gasteiger charge is -2.17. The van der Waals surface area contributed by atoms with Gasteiger partial charge in [0.15, 0.2) is 0 Å². The molecule has 12 nitrogen and oxygen atoms in total. The lowest BCUT2D eigenvalue weighted by atomic mass is 9.97. The summed E-state index contributed by atoms with van der Waals surface area (Å²) in [7, 11) is 34.3. The van der Waals surface area contributed by atoms with Crippen molar-refractivity contribution in [3.8, 4) is 44.5 Å². The number of nitrogens with zero attached hydrogens (tertiary/aromatic N) is 10. The van der Waals surface area contributed by atoms with Crippen LogP contribution in [0.25, 0.3) is 90.9 Å². The van der Waals surface area contributed by atoms with Crippen molar-refractivity contribution in [3.63, 3.8) is 0 Å². The number of H-pyrrole nitrogens is 2. The predicted molar refractivity (Wildman–Crippen MR) is 340 cm³/mol. The SMILES string of the molecule is CN(C)Cc1cc(CN(C)C)cc(-c2c3nc(c(-c4cc(CN(C)C)cc(CN(C)C)c4)c4ccc([nH]4)c(-c4cc(CN(C)C)cc(CN(C)C)c4)c4nc(c(-c5cc(CN(C)C)cc(CN(C)C)c5)c5ccc2[nH]5)C=C4)C=C3)c1. The first-order valence-electron chi connectivity index (χ1n) is 28.0. The van der Waals surface area contributed by atoms with Gasteiger partial charge in [-0.15, -0.1) is 0 Å². The Morgan fingerprint density at radius 2 is 0.412 bits per heavy atom. The average molecular weight is 1070 g/mol. The summed E-state index contributed by atoms with van der Waals surface area (Å²) in [6.07, 6.45) is 8.93. The highest BCUT2D eigenvalue weighted by molar-refractivity contribution is 6.00. The fourth-order valence-electron chi connectivity index (χ4n) is 11.7. The van der Waals surface area contributed by atoms with E-state index in [-0.39, 0.29) is 0 Å². The molecule has 2 aliphatic heterocycles. The molecule has 0 spiro atoms. The van der Waals surface area contributed by atoms with Gasteiger partial charge in [0.2, 0.25) is 0 Å². The maximum Gasteiger partial charge on any atom is 0.0737 e. The van der Waals surface area contributed by atoms with Gasteiger partial charge >= 0.3 is 0 Å². The normalized spacial score (nSPS) is 12.7. The maximum absolute atomic E-state index is 5.81. The summed E-state index contributed by atoms with van der Waals surface area (Å²) in [5, 5.41) is 0. The summed E-state index contributed by atoms with van der Waals surface area (Å²) in [4.78, 5) is 37.8. The molecule has 2 aliphatic rings. The van der Waals surface area contributed by atoms with Crippen LogP contribution >= 0.6 is 0 Å². The molecule has 80 heavy (non-hydrogen) atoms. The number of hydrogen-bond acceptors (Lipinski definition) is 10. The molecular formula is C68H86N12. The molecule has 12 heteroatoms. The largest absolute Gasteiger partial charge is 0.354 e. The maximum atomic E-state index is 5.81. The van der Waals surface area contributed by atoms with E-state index in [1.165, 1.54) is 44.5 Å². The molecule has 0 atom stereocenters. The zero-order valence-electron chi connectivity index (χ0n) is 50.7. The van der Waals surface area contributed by atoms with E-state index in [2.05, 4.69) is 283 Å². The van der Waals surface area contributed by atoms with Crippen molar-refractivity contribution in [1.82, 2.24) is 59.1 Å². The molecule has 8 bridgehead atoms. The van der Waals surface area contributed by atoms with Crippen molar-refractivity contribution in [3.05, 3.63) is 164 Å². The van der Waals surface area contributed by atoms with Gasteiger partial charge < -0.3 is 49.2 Å². The standard InChI is InChI=1S/C68H86N12/c1-73(2)37-45-25-46(38-74(3)4)30-53(29-45)65-57-17-19-59(69-57)66(54-31-47(39-75(5)6)26-48(32-54)40-76(7)8)61-21-23-63(71-61)68(56-35-51(43-79(13)14)28-52(36-56)44-80(15)16)64-24-22-62(72-64)67(60-20-18-58(65)70-60)55-33-49(41-77(9)10)27-50(34-55)42-78(11)12/h17-36,69,72H,37-44H2,1-16H3. The minimum atomic E-state index is 0.806. The first-order chi connectivity index (χ1) is 38.1. The summed E-state index contributed by atoms with van der Waals surface area (Å²) in [5.74, 6) is 0. The second kappa shape index (κ2) is 24.9. The summed E-state index contributed by atoms with van der Waals surface area (Å²) >= 11 is 0. The van der Waals surface area contributed by atoms with Crippen molar-refractivity contribution in [2.24, 2.45) is 0 Å². The number of hydrogen-bond donors (Lipinski definition) is 2. The first-order valence-corrected chi connectivity index (χ1v) is 28.0. The fraction of sp³-hybridized carbons (Fsp3) is 0.353. The number of aromatic nitrogens is 4. The number of fused-ring (bicyclic) bond motifs is 8. The van der Waals surface area contributed by atoms with E-state index >= 15 is 0 Å². The van der Waals surface area contributed by atoms with Crippen LogP contribution in [0.2, 0.25) is 0 Å². The smallest absolute Gasteiger partial charge is 0.0737 e.